The number of fused-ring (bicyclic) bond motifs is 4. The number of aryl methyl sites for hydroxylation is 2. The van der Waals surface area contributed by atoms with E-state index in [4.69, 9.17) is 0 Å². The minimum atomic E-state index is 0.213. The Morgan fingerprint density at radius 3 is 2.61 bits per heavy atom. The number of hydrogen-bond acceptors (Lipinski definition) is 1. The molecule has 4 rings (SSSR count). The molecule has 2 heteroatoms. The zero-order valence-electron chi connectivity index (χ0n) is 13.9. The van der Waals surface area contributed by atoms with E-state index in [1.165, 1.54) is 16.7 Å². The van der Waals surface area contributed by atoms with Crippen molar-refractivity contribution in [1.29, 1.82) is 0 Å². The molecule has 0 fully saturated rings. The quantitative estimate of drug-likeness (QED) is 0.652. The van der Waals surface area contributed by atoms with Crippen LogP contribution < -0.4 is 5.43 Å². The lowest BCUT2D eigenvalue weighted by molar-refractivity contribution is 0.857. The van der Waals surface area contributed by atoms with Crippen LogP contribution in [0.4, 0.5) is 0 Å². The SMILES string of the molecule is CC(C)c1ccc2c(c1)c(=O)c1c(n2C)-c2ccccc2CC1. The Hall–Kier alpha value is -2.35. The van der Waals surface area contributed by atoms with Crippen molar-refractivity contribution in [3.63, 3.8) is 0 Å². The Kier molecular flexibility index (Phi) is 3.15. The Balaban J connectivity index is 2.11. The zero-order chi connectivity index (χ0) is 16.1. The fourth-order valence-corrected chi connectivity index (χ4v) is 3.78. The van der Waals surface area contributed by atoms with Crippen molar-refractivity contribution in [1.82, 2.24) is 4.57 Å². The maximum atomic E-state index is 13.1. The normalized spacial score (nSPS) is 13.2. The van der Waals surface area contributed by atoms with Crippen LogP contribution in [-0.2, 0) is 19.9 Å². The van der Waals surface area contributed by atoms with E-state index >= 15 is 0 Å². The lowest BCUT2D eigenvalue weighted by atomic mass is 9.87. The highest BCUT2D eigenvalue weighted by atomic mass is 16.1. The summed E-state index contributed by atoms with van der Waals surface area (Å²) in [5, 5.41) is 0.858. The summed E-state index contributed by atoms with van der Waals surface area (Å²) in [5.74, 6) is 0.431. The Morgan fingerprint density at radius 2 is 1.83 bits per heavy atom. The molecule has 23 heavy (non-hydrogen) atoms. The average Bonchev–Trinajstić information content (AvgIpc) is 2.58. The summed E-state index contributed by atoms with van der Waals surface area (Å²) in [6.45, 7) is 4.33. The molecule has 0 atom stereocenters. The van der Waals surface area contributed by atoms with Gasteiger partial charge in [-0.05, 0) is 42.0 Å². The first kappa shape index (κ1) is 14.3. The maximum Gasteiger partial charge on any atom is 0.193 e. The Morgan fingerprint density at radius 1 is 1.04 bits per heavy atom. The van der Waals surface area contributed by atoms with Gasteiger partial charge in [-0.15, -0.1) is 0 Å². The second-order valence-electron chi connectivity index (χ2n) is 6.80. The van der Waals surface area contributed by atoms with Crippen LogP contribution >= 0.6 is 0 Å². The van der Waals surface area contributed by atoms with Crippen LogP contribution in [-0.4, -0.2) is 4.57 Å². The molecular formula is C21H21NO. The fourth-order valence-electron chi connectivity index (χ4n) is 3.78. The van der Waals surface area contributed by atoms with E-state index in [9.17, 15) is 4.79 Å². The standard InChI is InChI=1S/C21H21NO/c1-13(2)15-9-11-19-18(12-15)21(23)17-10-8-14-6-4-5-7-16(14)20(17)22(19)3/h4-7,9,11-13H,8,10H2,1-3H3. The topological polar surface area (TPSA) is 22.0 Å². The van der Waals surface area contributed by atoms with E-state index in [0.717, 1.165) is 35.0 Å². The van der Waals surface area contributed by atoms with Gasteiger partial charge < -0.3 is 4.57 Å². The van der Waals surface area contributed by atoms with Gasteiger partial charge in [0.15, 0.2) is 5.43 Å². The summed E-state index contributed by atoms with van der Waals surface area (Å²) < 4.78 is 2.20. The van der Waals surface area contributed by atoms with Crippen molar-refractivity contribution in [2.24, 2.45) is 7.05 Å². The third kappa shape index (κ3) is 2.05. The van der Waals surface area contributed by atoms with E-state index in [0.29, 0.717) is 5.92 Å². The molecule has 116 valence electrons. The summed E-state index contributed by atoms with van der Waals surface area (Å²) in [4.78, 5) is 13.1. The number of nitrogens with zero attached hydrogens (tertiary/aromatic N) is 1. The molecule has 0 amide bonds. The minimum absolute atomic E-state index is 0.213. The molecule has 3 aromatic rings. The summed E-state index contributed by atoms with van der Waals surface area (Å²) in [6, 6.07) is 14.8. The highest BCUT2D eigenvalue weighted by Gasteiger charge is 2.22. The van der Waals surface area contributed by atoms with Crippen molar-refractivity contribution in [2.45, 2.75) is 32.6 Å². The molecular weight excluding hydrogens is 282 g/mol. The van der Waals surface area contributed by atoms with Gasteiger partial charge in [-0.25, -0.2) is 0 Å². The molecule has 0 aliphatic heterocycles. The van der Waals surface area contributed by atoms with Gasteiger partial charge in [0, 0.05) is 23.6 Å². The van der Waals surface area contributed by atoms with E-state index in [1.807, 2.05) is 0 Å². The van der Waals surface area contributed by atoms with Gasteiger partial charge >= 0.3 is 0 Å². The number of pyridine rings is 1. The van der Waals surface area contributed by atoms with Gasteiger partial charge in [-0.2, -0.15) is 0 Å². The van der Waals surface area contributed by atoms with Crippen molar-refractivity contribution in [3.05, 3.63) is 69.4 Å². The van der Waals surface area contributed by atoms with Gasteiger partial charge in [-0.1, -0.05) is 44.2 Å². The van der Waals surface area contributed by atoms with Gasteiger partial charge in [-0.3, -0.25) is 4.79 Å². The highest BCUT2D eigenvalue weighted by molar-refractivity contribution is 5.86. The molecule has 1 aliphatic carbocycles. The van der Waals surface area contributed by atoms with Crippen LogP contribution in [0.3, 0.4) is 0 Å². The van der Waals surface area contributed by atoms with Gasteiger partial charge in [0.2, 0.25) is 0 Å². The third-order valence-electron chi connectivity index (χ3n) is 5.11. The van der Waals surface area contributed by atoms with Crippen molar-refractivity contribution < 1.29 is 0 Å². The third-order valence-corrected chi connectivity index (χ3v) is 5.11. The largest absolute Gasteiger partial charge is 0.343 e. The Bertz CT molecular complexity index is 979. The first-order valence-electron chi connectivity index (χ1n) is 8.31. The van der Waals surface area contributed by atoms with Crippen LogP contribution in [0.25, 0.3) is 22.2 Å². The predicted molar refractivity (Wildman–Crippen MR) is 96.1 cm³/mol. The predicted octanol–water partition coefficient (Wildman–Crippen LogP) is 4.43. The van der Waals surface area contributed by atoms with Crippen molar-refractivity contribution in [2.75, 3.05) is 0 Å². The summed E-state index contributed by atoms with van der Waals surface area (Å²) in [7, 11) is 2.08. The number of rotatable bonds is 1. The number of benzene rings is 2. The van der Waals surface area contributed by atoms with E-state index in [1.54, 1.807) is 0 Å². The van der Waals surface area contributed by atoms with Crippen LogP contribution in [0.15, 0.2) is 47.3 Å². The highest BCUT2D eigenvalue weighted by Crippen LogP contribution is 2.33. The molecule has 2 aromatic carbocycles. The molecule has 0 unspecified atom stereocenters. The van der Waals surface area contributed by atoms with E-state index in [-0.39, 0.29) is 5.43 Å². The van der Waals surface area contributed by atoms with Crippen LogP contribution in [0.5, 0.6) is 0 Å². The van der Waals surface area contributed by atoms with Crippen LogP contribution in [0.2, 0.25) is 0 Å². The summed E-state index contributed by atoms with van der Waals surface area (Å²) in [6.07, 6.45) is 1.79. The van der Waals surface area contributed by atoms with Gasteiger partial charge in [0.1, 0.15) is 0 Å². The molecule has 2 nitrogen and oxygen atoms in total. The molecule has 0 spiro atoms. The lowest BCUT2D eigenvalue weighted by Gasteiger charge is -2.24. The maximum absolute atomic E-state index is 13.1. The van der Waals surface area contributed by atoms with Gasteiger partial charge in [0.25, 0.3) is 0 Å². The molecule has 0 bridgehead atoms. The molecule has 0 saturated heterocycles. The summed E-state index contributed by atoms with van der Waals surface area (Å²) >= 11 is 0. The fraction of sp³-hybridized carbons (Fsp3) is 0.286. The zero-order valence-corrected chi connectivity index (χ0v) is 13.9. The molecule has 1 aromatic heterocycles. The van der Waals surface area contributed by atoms with Crippen LogP contribution in [0, 0.1) is 0 Å². The smallest absolute Gasteiger partial charge is 0.193 e. The van der Waals surface area contributed by atoms with Crippen molar-refractivity contribution >= 4 is 10.9 Å². The van der Waals surface area contributed by atoms with Gasteiger partial charge in [0.05, 0.1) is 11.2 Å². The van der Waals surface area contributed by atoms with Crippen molar-refractivity contribution in [3.8, 4) is 11.3 Å². The van der Waals surface area contributed by atoms with Crippen LogP contribution in [0.1, 0.15) is 36.5 Å². The first-order chi connectivity index (χ1) is 11.1. The molecule has 0 radical (unpaired) electrons. The first-order valence-corrected chi connectivity index (χ1v) is 8.31. The average molecular weight is 303 g/mol. The number of hydrogen-bond donors (Lipinski definition) is 0. The number of aromatic nitrogens is 1. The molecule has 1 aliphatic rings. The second kappa shape index (κ2) is 5.09. The summed E-state index contributed by atoms with van der Waals surface area (Å²) in [5.41, 5.74) is 7.09. The monoisotopic (exact) mass is 303 g/mol. The Labute approximate surface area is 136 Å². The molecule has 1 heterocycles. The molecule has 0 N–H and O–H groups in total. The second-order valence-corrected chi connectivity index (χ2v) is 6.80. The van der Waals surface area contributed by atoms with E-state index < -0.39 is 0 Å². The molecule has 0 saturated carbocycles. The minimum Gasteiger partial charge on any atom is -0.343 e. The lowest BCUT2D eigenvalue weighted by Crippen LogP contribution is -2.21. The van der Waals surface area contributed by atoms with E-state index in [2.05, 4.69) is 67.9 Å².